The van der Waals surface area contributed by atoms with Gasteiger partial charge in [-0.1, -0.05) is 50.1 Å². The maximum atomic E-state index is 12.8. The first kappa shape index (κ1) is 25.1. The average molecular weight is 487 g/mol. The minimum Gasteiger partial charge on any atom is -0.508 e. The van der Waals surface area contributed by atoms with Crippen LogP contribution in [0.5, 0.6) is 5.75 Å². The van der Waals surface area contributed by atoms with E-state index >= 15 is 0 Å². The number of piperidine rings is 2. The Morgan fingerprint density at radius 1 is 1.03 bits per heavy atom. The summed E-state index contributed by atoms with van der Waals surface area (Å²) in [6.45, 7) is 7.43. The van der Waals surface area contributed by atoms with Crippen molar-refractivity contribution in [3.63, 3.8) is 0 Å². The third kappa shape index (κ3) is 5.39. The molecule has 0 aromatic heterocycles. The van der Waals surface area contributed by atoms with Gasteiger partial charge in [0, 0.05) is 36.2 Å². The van der Waals surface area contributed by atoms with E-state index in [-0.39, 0.29) is 11.8 Å². The molecule has 2 aromatic rings. The van der Waals surface area contributed by atoms with Gasteiger partial charge in [0.05, 0.1) is 0 Å². The molecule has 2 aromatic carbocycles. The zero-order valence-corrected chi connectivity index (χ0v) is 21.7. The number of phenols is 1. The maximum absolute atomic E-state index is 12.8. The summed E-state index contributed by atoms with van der Waals surface area (Å²) >= 11 is 0. The number of fused-ring (bicyclic) bond motifs is 2. The molecule has 1 aliphatic carbocycles. The standard InChI is InChI=1S/C32H42N2O2/c1-3-19-34-30-18-16-26(31(34)17-11-22(30)2)21-29(25-7-6-10-28(35)20-25)23-12-14-24(15-13-23)32(36)33-27-8-4-5-9-27/h3,6-7,10,12-15,20,22,26-27,29-31,35H,1,4-5,8-9,11,16-19,21H2,2H3,(H,33,36). The maximum Gasteiger partial charge on any atom is 0.251 e. The molecule has 4 nitrogen and oxygen atoms in total. The summed E-state index contributed by atoms with van der Waals surface area (Å²) in [5.74, 6) is 1.90. The van der Waals surface area contributed by atoms with E-state index in [1.807, 2.05) is 24.3 Å². The second-order valence-electron chi connectivity index (χ2n) is 11.5. The molecule has 36 heavy (non-hydrogen) atoms. The van der Waals surface area contributed by atoms with Gasteiger partial charge in [0.2, 0.25) is 0 Å². The van der Waals surface area contributed by atoms with Crippen LogP contribution in [0.4, 0.5) is 0 Å². The van der Waals surface area contributed by atoms with Crippen LogP contribution in [0.1, 0.15) is 92.1 Å². The predicted octanol–water partition coefficient (Wildman–Crippen LogP) is 6.65. The fraction of sp³-hybridized carbons (Fsp3) is 0.531. The lowest BCUT2D eigenvalue weighted by Crippen LogP contribution is -2.56. The molecule has 2 bridgehead atoms. The average Bonchev–Trinajstić information content (AvgIpc) is 3.39. The predicted molar refractivity (Wildman–Crippen MR) is 146 cm³/mol. The lowest BCUT2D eigenvalue weighted by atomic mass is 9.69. The molecule has 4 heteroatoms. The van der Waals surface area contributed by atoms with Crippen molar-refractivity contribution < 1.29 is 9.90 Å². The lowest BCUT2D eigenvalue weighted by molar-refractivity contribution is -0.0216. The molecule has 5 rings (SSSR count). The summed E-state index contributed by atoms with van der Waals surface area (Å²) in [5.41, 5.74) is 3.11. The van der Waals surface area contributed by atoms with Gasteiger partial charge in [0.15, 0.2) is 0 Å². The Morgan fingerprint density at radius 3 is 2.50 bits per heavy atom. The van der Waals surface area contributed by atoms with E-state index in [0.29, 0.717) is 29.8 Å². The fourth-order valence-electron chi connectivity index (χ4n) is 7.31. The van der Waals surface area contributed by atoms with Gasteiger partial charge in [-0.15, -0.1) is 6.58 Å². The van der Waals surface area contributed by atoms with Gasteiger partial charge in [0.25, 0.3) is 5.91 Å². The number of benzene rings is 2. The summed E-state index contributed by atoms with van der Waals surface area (Å²) in [7, 11) is 0. The van der Waals surface area contributed by atoms with Crippen LogP contribution < -0.4 is 5.32 Å². The molecular weight excluding hydrogens is 444 g/mol. The van der Waals surface area contributed by atoms with Crippen LogP contribution in [0.3, 0.4) is 0 Å². The Morgan fingerprint density at radius 2 is 1.78 bits per heavy atom. The van der Waals surface area contributed by atoms with Crippen molar-refractivity contribution in [1.29, 1.82) is 0 Å². The largest absolute Gasteiger partial charge is 0.508 e. The van der Waals surface area contributed by atoms with Crippen LogP contribution in [0, 0.1) is 11.8 Å². The van der Waals surface area contributed by atoms with Gasteiger partial charge in [-0.05, 0) is 92.2 Å². The highest BCUT2D eigenvalue weighted by atomic mass is 16.3. The second-order valence-corrected chi connectivity index (χ2v) is 11.5. The zero-order valence-electron chi connectivity index (χ0n) is 21.7. The van der Waals surface area contributed by atoms with Crippen molar-refractivity contribution in [3.8, 4) is 5.75 Å². The lowest BCUT2D eigenvalue weighted by Gasteiger charge is -2.53. The van der Waals surface area contributed by atoms with Crippen LogP contribution >= 0.6 is 0 Å². The molecule has 3 fully saturated rings. The quantitative estimate of drug-likeness (QED) is 0.411. The molecule has 192 valence electrons. The van der Waals surface area contributed by atoms with Gasteiger partial charge in [0.1, 0.15) is 5.75 Å². The molecule has 0 spiro atoms. The Labute approximate surface area is 216 Å². The number of aromatic hydroxyl groups is 1. The van der Waals surface area contributed by atoms with Crippen molar-refractivity contribution in [1.82, 2.24) is 10.2 Å². The van der Waals surface area contributed by atoms with Crippen LogP contribution in [0.15, 0.2) is 61.2 Å². The van der Waals surface area contributed by atoms with Crippen LogP contribution in [-0.4, -0.2) is 40.6 Å². The highest BCUT2D eigenvalue weighted by Crippen LogP contribution is 2.45. The number of rotatable bonds is 8. The molecule has 1 amide bonds. The van der Waals surface area contributed by atoms with E-state index < -0.39 is 0 Å². The summed E-state index contributed by atoms with van der Waals surface area (Å²) in [4.78, 5) is 15.5. The molecule has 2 N–H and O–H groups in total. The summed E-state index contributed by atoms with van der Waals surface area (Å²) in [6.07, 6.45) is 12.8. The SMILES string of the molecule is C=CCN1C2CCC(CC(c3ccc(C(=O)NC4CCCC4)cc3)c3cccc(O)c3)C1CCC2C. The first-order chi connectivity index (χ1) is 17.5. The molecule has 5 unspecified atom stereocenters. The van der Waals surface area contributed by atoms with E-state index in [1.54, 1.807) is 6.07 Å². The van der Waals surface area contributed by atoms with Gasteiger partial charge in [-0.3, -0.25) is 9.69 Å². The highest BCUT2D eigenvalue weighted by Gasteiger charge is 2.42. The van der Waals surface area contributed by atoms with Crippen molar-refractivity contribution in [2.24, 2.45) is 11.8 Å². The number of hydrogen-bond donors (Lipinski definition) is 2. The normalized spacial score (nSPS) is 27.5. The number of nitrogens with one attached hydrogen (secondary N) is 1. The van der Waals surface area contributed by atoms with Crippen LogP contribution in [-0.2, 0) is 0 Å². The Balaban J connectivity index is 1.38. The fourth-order valence-corrected chi connectivity index (χ4v) is 7.31. The molecule has 2 heterocycles. The van der Waals surface area contributed by atoms with E-state index in [1.165, 1.54) is 44.1 Å². The molecule has 5 atom stereocenters. The number of nitrogens with zero attached hydrogens (tertiary/aromatic N) is 1. The zero-order chi connectivity index (χ0) is 25.1. The minimum absolute atomic E-state index is 0.0390. The van der Waals surface area contributed by atoms with Crippen LogP contribution in [0.2, 0.25) is 0 Å². The molecule has 3 aliphatic rings. The number of phenolic OH excluding ortho intramolecular Hbond substituents is 1. The topological polar surface area (TPSA) is 52.6 Å². The number of carbonyl (C=O) groups excluding carboxylic acids is 1. The minimum atomic E-state index is 0.0390. The molecule has 1 saturated carbocycles. The number of hydrogen-bond acceptors (Lipinski definition) is 3. The van der Waals surface area contributed by atoms with E-state index in [0.717, 1.165) is 42.9 Å². The highest BCUT2D eigenvalue weighted by molar-refractivity contribution is 5.94. The van der Waals surface area contributed by atoms with Crippen molar-refractivity contribution >= 4 is 5.91 Å². The van der Waals surface area contributed by atoms with Gasteiger partial charge >= 0.3 is 0 Å². The van der Waals surface area contributed by atoms with E-state index in [9.17, 15) is 9.90 Å². The van der Waals surface area contributed by atoms with Crippen molar-refractivity contribution in [2.45, 2.75) is 88.8 Å². The van der Waals surface area contributed by atoms with Crippen molar-refractivity contribution in [2.75, 3.05) is 6.54 Å². The summed E-state index contributed by atoms with van der Waals surface area (Å²) in [5, 5.41) is 13.5. The van der Waals surface area contributed by atoms with Crippen LogP contribution in [0.25, 0.3) is 0 Å². The van der Waals surface area contributed by atoms with E-state index in [4.69, 9.17) is 0 Å². The molecular formula is C32H42N2O2. The number of carbonyl (C=O) groups is 1. The van der Waals surface area contributed by atoms with Crippen molar-refractivity contribution in [3.05, 3.63) is 77.9 Å². The second kappa shape index (κ2) is 11.2. The smallest absolute Gasteiger partial charge is 0.251 e. The molecule has 2 aliphatic heterocycles. The third-order valence-electron chi connectivity index (χ3n) is 9.22. The van der Waals surface area contributed by atoms with Gasteiger partial charge in [-0.25, -0.2) is 0 Å². The summed E-state index contributed by atoms with van der Waals surface area (Å²) in [6, 6.07) is 17.6. The van der Waals surface area contributed by atoms with Gasteiger partial charge in [-0.2, -0.15) is 0 Å². The molecule has 2 saturated heterocycles. The Bertz CT molecular complexity index is 1040. The first-order valence-electron chi connectivity index (χ1n) is 14.1. The summed E-state index contributed by atoms with van der Waals surface area (Å²) < 4.78 is 0. The number of amides is 1. The van der Waals surface area contributed by atoms with Gasteiger partial charge < -0.3 is 10.4 Å². The first-order valence-corrected chi connectivity index (χ1v) is 14.1. The third-order valence-corrected chi connectivity index (χ3v) is 9.22. The van der Waals surface area contributed by atoms with E-state index in [2.05, 4.69) is 48.0 Å². The Hall–Kier alpha value is -2.59. The monoisotopic (exact) mass is 486 g/mol. The molecule has 0 radical (unpaired) electrons. The Kier molecular flexibility index (Phi) is 7.81.